The van der Waals surface area contributed by atoms with E-state index in [1.807, 2.05) is 6.07 Å². The number of nitrogens with one attached hydrogen (secondary N) is 2. The minimum atomic E-state index is -0.610. The van der Waals surface area contributed by atoms with Crippen molar-refractivity contribution in [2.75, 3.05) is 5.32 Å². The third-order valence-corrected chi connectivity index (χ3v) is 4.10. The van der Waals surface area contributed by atoms with Crippen LogP contribution in [0.4, 0.5) is 10.1 Å². The predicted molar refractivity (Wildman–Crippen MR) is 101 cm³/mol. The number of carbonyl (C=O) groups is 2. The van der Waals surface area contributed by atoms with Crippen LogP contribution in [-0.4, -0.2) is 16.8 Å². The summed E-state index contributed by atoms with van der Waals surface area (Å²) >= 11 is 6.06. The van der Waals surface area contributed by atoms with Crippen LogP contribution in [-0.2, 0) is 6.54 Å². The van der Waals surface area contributed by atoms with E-state index in [1.165, 1.54) is 36.4 Å². The van der Waals surface area contributed by atoms with Gasteiger partial charge in [0.1, 0.15) is 17.2 Å². The Labute approximate surface area is 160 Å². The van der Waals surface area contributed by atoms with Crippen molar-refractivity contribution in [3.05, 3.63) is 94.5 Å². The van der Waals surface area contributed by atoms with E-state index in [0.29, 0.717) is 5.02 Å². The fraction of sp³-hybridized carbons (Fsp3) is 0.0500. The minimum absolute atomic E-state index is 0.00338. The molecule has 136 valence electrons. The second-order valence-electron chi connectivity index (χ2n) is 5.62. The molecule has 5 nitrogen and oxygen atoms in total. The molecule has 0 saturated carbocycles. The first-order valence-electron chi connectivity index (χ1n) is 8.09. The van der Waals surface area contributed by atoms with Gasteiger partial charge in [0.2, 0.25) is 0 Å². The summed E-state index contributed by atoms with van der Waals surface area (Å²) in [6, 6.07) is 17.4. The summed E-state index contributed by atoms with van der Waals surface area (Å²) in [7, 11) is 0. The molecule has 1 heterocycles. The molecule has 0 aliphatic carbocycles. The third-order valence-electron chi connectivity index (χ3n) is 3.73. The Bertz CT molecular complexity index is 994. The van der Waals surface area contributed by atoms with Gasteiger partial charge in [-0.3, -0.25) is 9.59 Å². The van der Waals surface area contributed by atoms with Crippen molar-refractivity contribution in [2.45, 2.75) is 6.54 Å². The Morgan fingerprint density at radius 1 is 0.889 bits per heavy atom. The molecule has 0 fully saturated rings. The summed E-state index contributed by atoms with van der Waals surface area (Å²) in [6.07, 6.45) is 0. The lowest BCUT2D eigenvalue weighted by molar-refractivity contribution is 0.0945. The lowest BCUT2D eigenvalue weighted by Gasteiger charge is -2.08. The van der Waals surface area contributed by atoms with E-state index in [0.717, 1.165) is 5.56 Å². The third kappa shape index (κ3) is 4.68. The molecule has 3 rings (SSSR count). The van der Waals surface area contributed by atoms with Crippen LogP contribution in [0.15, 0.2) is 66.7 Å². The molecule has 0 atom stereocenters. The highest BCUT2D eigenvalue weighted by atomic mass is 35.5. The van der Waals surface area contributed by atoms with Gasteiger partial charge >= 0.3 is 0 Å². The van der Waals surface area contributed by atoms with Gasteiger partial charge in [-0.25, -0.2) is 9.37 Å². The summed E-state index contributed by atoms with van der Waals surface area (Å²) in [6.45, 7) is 0.228. The summed E-state index contributed by atoms with van der Waals surface area (Å²) < 4.78 is 13.7. The molecule has 0 saturated heterocycles. The molecule has 0 spiro atoms. The topological polar surface area (TPSA) is 71.1 Å². The van der Waals surface area contributed by atoms with Crippen LogP contribution in [0, 0.1) is 5.82 Å². The SMILES string of the molecule is O=C(NCc1ccccc1Cl)c1cccc(C(=O)Nc2ccccc2F)n1. The van der Waals surface area contributed by atoms with Crippen molar-refractivity contribution in [1.29, 1.82) is 0 Å². The molecule has 1 aromatic heterocycles. The van der Waals surface area contributed by atoms with Crippen LogP contribution in [0.3, 0.4) is 0 Å². The first-order chi connectivity index (χ1) is 13.0. The van der Waals surface area contributed by atoms with Crippen LogP contribution >= 0.6 is 11.6 Å². The lowest BCUT2D eigenvalue weighted by Crippen LogP contribution is -2.25. The van der Waals surface area contributed by atoms with Crippen molar-refractivity contribution >= 4 is 29.1 Å². The molecule has 0 unspecified atom stereocenters. The number of amides is 2. The Balaban J connectivity index is 1.69. The van der Waals surface area contributed by atoms with E-state index in [4.69, 9.17) is 11.6 Å². The molecule has 0 bridgehead atoms. The number of hydrogen-bond acceptors (Lipinski definition) is 3. The Kier molecular flexibility index (Phi) is 5.78. The molecule has 2 N–H and O–H groups in total. The number of para-hydroxylation sites is 1. The second kappa shape index (κ2) is 8.42. The average molecular weight is 384 g/mol. The van der Waals surface area contributed by atoms with Gasteiger partial charge in [0.15, 0.2) is 0 Å². The average Bonchev–Trinajstić information content (AvgIpc) is 2.69. The predicted octanol–water partition coefficient (Wildman–Crippen LogP) is 4.06. The molecule has 7 heteroatoms. The molecular weight excluding hydrogens is 369 g/mol. The monoisotopic (exact) mass is 383 g/mol. The zero-order valence-electron chi connectivity index (χ0n) is 14.1. The first kappa shape index (κ1) is 18.5. The van der Waals surface area contributed by atoms with Gasteiger partial charge in [-0.2, -0.15) is 0 Å². The molecule has 0 aliphatic heterocycles. The van der Waals surface area contributed by atoms with E-state index in [1.54, 1.807) is 24.3 Å². The largest absolute Gasteiger partial charge is 0.347 e. The molecule has 0 aliphatic rings. The summed E-state index contributed by atoms with van der Waals surface area (Å²) in [4.78, 5) is 28.6. The number of anilines is 1. The summed E-state index contributed by atoms with van der Waals surface area (Å²) in [5.41, 5.74) is 0.880. The van der Waals surface area contributed by atoms with Crippen molar-refractivity contribution in [3.8, 4) is 0 Å². The van der Waals surface area contributed by atoms with E-state index in [2.05, 4.69) is 15.6 Å². The van der Waals surface area contributed by atoms with Gasteiger partial charge in [-0.1, -0.05) is 48.0 Å². The number of aromatic nitrogens is 1. The standard InChI is InChI=1S/C20H15ClFN3O2/c21-14-7-2-1-6-13(14)12-23-19(26)17-10-5-11-18(24-17)20(27)25-16-9-4-3-8-15(16)22/h1-11H,12H2,(H,23,26)(H,25,27). The molecular formula is C20H15ClFN3O2. The number of carbonyl (C=O) groups excluding carboxylic acids is 2. The van der Waals surface area contributed by atoms with Crippen molar-refractivity contribution < 1.29 is 14.0 Å². The highest BCUT2D eigenvalue weighted by molar-refractivity contribution is 6.31. The fourth-order valence-electron chi connectivity index (χ4n) is 2.34. The highest BCUT2D eigenvalue weighted by Crippen LogP contribution is 2.15. The van der Waals surface area contributed by atoms with Gasteiger partial charge in [0, 0.05) is 11.6 Å². The number of benzene rings is 2. The molecule has 0 radical (unpaired) electrons. The lowest BCUT2D eigenvalue weighted by atomic mass is 10.2. The Hall–Kier alpha value is -3.25. The highest BCUT2D eigenvalue weighted by Gasteiger charge is 2.14. The number of rotatable bonds is 5. The van der Waals surface area contributed by atoms with Gasteiger partial charge in [-0.15, -0.1) is 0 Å². The van der Waals surface area contributed by atoms with Crippen LogP contribution in [0.5, 0.6) is 0 Å². The normalized spacial score (nSPS) is 10.3. The number of halogens is 2. The van der Waals surface area contributed by atoms with Crippen LogP contribution in [0.2, 0.25) is 5.02 Å². The van der Waals surface area contributed by atoms with Gasteiger partial charge in [0.05, 0.1) is 5.69 Å². The molecule has 2 aromatic carbocycles. The van der Waals surface area contributed by atoms with Crippen molar-refractivity contribution in [3.63, 3.8) is 0 Å². The Morgan fingerprint density at radius 3 is 2.30 bits per heavy atom. The van der Waals surface area contributed by atoms with Crippen LogP contribution < -0.4 is 10.6 Å². The smallest absolute Gasteiger partial charge is 0.274 e. The van der Waals surface area contributed by atoms with Crippen molar-refractivity contribution in [1.82, 2.24) is 10.3 Å². The molecule has 27 heavy (non-hydrogen) atoms. The minimum Gasteiger partial charge on any atom is -0.347 e. The Morgan fingerprint density at radius 2 is 1.56 bits per heavy atom. The van der Waals surface area contributed by atoms with Gasteiger partial charge in [-0.05, 0) is 35.9 Å². The van der Waals surface area contributed by atoms with Gasteiger partial charge in [0.25, 0.3) is 11.8 Å². The second-order valence-corrected chi connectivity index (χ2v) is 6.02. The van der Waals surface area contributed by atoms with Crippen molar-refractivity contribution in [2.24, 2.45) is 0 Å². The molecule has 3 aromatic rings. The zero-order valence-corrected chi connectivity index (χ0v) is 14.8. The van der Waals surface area contributed by atoms with E-state index >= 15 is 0 Å². The maximum Gasteiger partial charge on any atom is 0.274 e. The number of pyridine rings is 1. The number of nitrogens with zero attached hydrogens (tertiary/aromatic N) is 1. The van der Waals surface area contributed by atoms with E-state index < -0.39 is 17.6 Å². The maximum atomic E-state index is 13.7. The first-order valence-corrected chi connectivity index (χ1v) is 8.47. The summed E-state index contributed by atoms with van der Waals surface area (Å²) in [5.74, 6) is -1.61. The van der Waals surface area contributed by atoms with Gasteiger partial charge < -0.3 is 10.6 Å². The number of hydrogen-bond donors (Lipinski definition) is 2. The van der Waals surface area contributed by atoms with E-state index in [-0.39, 0.29) is 23.6 Å². The fourth-order valence-corrected chi connectivity index (χ4v) is 2.55. The quantitative estimate of drug-likeness (QED) is 0.698. The van der Waals surface area contributed by atoms with E-state index in [9.17, 15) is 14.0 Å². The maximum absolute atomic E-state index is 13.7. The van der Waals surface area contributed by atoms with Crippen LogP contribution in [0.1, 0.15) is 26.5 Å². The molecule has 2 amide bonds. The zero-order chi connectivity index (χ0) is 19.2. The summed E-state index contributed by atoms with van der Waals surface area (Å²) in [5, 5.41) is 5.68. The van der Waals surface area contributed by atoms with Crippen LogP contribution in [0.25, 0.3) is 0 Å².